The lowest BCUT2D eigenvalue weighted by Crippen LogP contribution is -2.39. The molecule has 2 aliphatic rings. The lowest BCUT2D eigenvalue weighted by molar-refractivity contribution is -0.116. The monoisotopic (exact) mass is 573 g/mol. The van der Waals surface area contributed by atoms with Gasteiger partial charge in [0.05, 0.1) is 28.3 Å². The third-order valence-electron chi connectivity index (χ3n) is 7.47. The van der Waals surface area contributed by atoms with E-state index >= 15 is 0 Å². The first kappa shape index (κ1) is 27.4. The van der Waals surface area contributed by atoms with E-state index in [0.29, 0.717) is 45.5 Å². The van der Waals surface area contributed by atoms with Crippen LogP contribution in [0.25, 0.3) is 0 Å². The van der Waals surface area contributed by atoms with Crippen molar-refractivity contribution in [1.82, 2.24) is 0 Å². The summed E-state index contributed by atoms with van der Waals surface area (Å²) in [6.07, 6.45) is 1.83. The van der Waals surface area contributed by atoms with E-state index in [9.17, 15) is 10.1 Å². The van der Waals surface area contributed by atoms with Crippen molar-refractivity contribution < 1.29 is 4.79 Å². The van der Waals surface area contributed by atoms with Crippen LogP contribution >= 0.6 is 35.0 Å². The molecule has 1 heterocycles. The fourth-order valence-electron chi connectivity index (χ4n) is 5.57. The number of halogens is 2. The van der Waals surface area contributed by atoms with Gasteiger partial charge in [0.25, 0.3) is 0 Å². The number of nitriles is 1. The van der Waals surface area contributed by atoms with Crippen LogP contribution < -0.4 is 10.6 Å². The highest BCUT2D eigenvalue weighted by atomic mass is 35.5. The van der Waals surface area contributed by atoms with E-state index in [0.717, 1.165) is 34.8 Å². The maximum Gasteiger partial charge on any atom is 0.161 e. The molecule has 0 radical (unpaired) electrons. The summed E-state index contributed by atoms with van der Waals surface area (Å²) in [5.41, 5.74) is 14.9. The van der Waals surface area contributed by atoms with Gasteiger partial charge in [-0.1, -0.05) is 65.7 Å². The van der Waals surface area contributed by atoms with Crippen LogP contribution in [-0.2, 0) is 16.3 Å². The number of aryl methyl sites for hydroxylation is 2. The molecule has 0 bridgehead atoms. The van der Waals surface area contributed by atoms with Crippen molar-refractivity contribution in [2.45, 2.75) is 50.5 Å². The number of hydrogen-bond donors (Lipinski definition) is 1. The van der Waals surface area contributed by atoms with Gasteiger partial charge in [-0.15, -0.1) is 0 Å². The van der Waals surface area contributed by atoms with E-state index in [-0.39, 0.29) is 5.78 Å². The summed E-state index contributed by atoms with van der Waals surface area (Å²) in [4.78, 5) is 15.4. The highest BCUT2D eigenvalue weighted by molar-refractivity contribution is 7.97. The van der Waals surface area contributed by atoms with Crippen molar-refractivity contribution in [2.75, 3.05) is 4.90 Å². The van der Waals surface area contributed by atoms with E-state index in [1.807, 2.05) is 24.8 Å². The van der Waals surface area contributed by atoms with Gasteiger partial charge in [0, 0.05) is 34.2 Å². The van der Waals surface area contributed by atoms with Crippen molar-refractivity contribution in [3.8, 4) is 6.07 Å². The summed E-state index contributed by atoms with van der Waals surface area (Å²) in [7, 11) is 0. The van der Waals surface area contributed by atoms with Gasteiger partial charge in [0.1, 0.15) is 5.82 Å². The number of nitrogens with zero attached hydrogens (tertiary/aromatic N) is 2. The maximum absolute atomic E-state index is 13.6. The fraction of sp³-hybridized carbons (Fsp3) is 0.250. The second-order valence-corrected chi connectivity index (χ2v) is 11.9. The number of Topliss-reactive ketones (excluding diaryl/α,β-unsaturated/α-hetero) is 1. The van der Waals surface area contributed by atoms with Crippen LogP contribution in [0.4, 0.5) is 5.69 Å². The minimum atomic E-state index is -0.515. The minimum Gasteiger partial charge on any atom is -0.384 e. The third kappa shape index (κ3) is 5.34. The van der Waals surface area contributed by atoms with Crippen LogP contribution in [0.5, 0.6) is 0 Å². The first-order valence-electron chi connectivity index (χ1n) is 12.9. The summed E-state index contributed by atoms with van der Waals surface area (Å²) in [5, 5.41) is 11.3. The van der Waals surface area contributed by atoms with Gasteiger partial charge >= 0.3 is 0 Å². The Balaban J connectivity index is 1.60. The molecule has 0 saturated heterocycles. The van der Waals surface area contributed by atoms with Gasteiger partial charge in [-0.25, -0.2) is 0 Å². The summed E-state index contributed by atoms with van der Waals surface area (Å²) in [6.45, 7) is 4.16. The topological polar surface area (TPSA) is 70.1 Å². The standard InChI is InChI=1S/C32H29Cl2N3OS/c1-19-13-20(2)24(14-22(19)18-39-17-21-7-4-3-5-8-21)30-25(16-35)32(36)37(27-12-11-23(33)15-26(27)34)28-9-6-10-29(38)31(28)30/h3-5,7-8,11-15,30H,6,9-10,17-18,36H2,1-2H3. The predicted molar refractivity (Wildman–Crippen MR) is 162 cm³/mol. The number of rotatable bonds is 6. The highest BCUT2D eigenvalue weighted by Crippen LogP contribution is 2.48. The molecule has 0 spiro atoms. The zero-order valence-corrected chi connectivity index (χ0v) is 24.3. The Morgan fingerprint density at radius 2 is 1.79 bits per heavy atom. The highest BCUT2D eigenvalue weighted by Gasteiger charge is 2.41. The van der Waals surface area contributed by atoms with Gasteiger partial charge in [-0.2, -0.15) is 17.0 Å². The normalized spacial score (nSPS) is 17.4. The molecule has 5 rings (SSSR count). The number of thioether (sulfide) groups is 1. The van der Waals surface area contributed by atoms with Gasteiger partial charge in [-0.05, 0) is 72.7 Å². The first-order valence-corrected chi connectivity index (χ1v) is 14.8. The molecule has 1 atom stereocenters. The van der Waals surface area contributed by atoms with Gasteiger partial charge in [0.15, 0.2) is 5.78 Å². The number of carbonyl (C=O) groups excluding carboxylic acids is 1. The SMILES string of the molecule is Cc1cc(C)c(C2C(C#N)=C(N)N(c3ccc(Cl)cc3Cl)C3=C2C(=O)CCC3)cc1CSCc1ccccc1. The zero-order chi connectivity index (χ0) is 27.7. The summed E-state index contributed by atoms with van der Waals surface area (Å²) in [5.74, 6) is 1.58. The zero-order valence-electron chi connectivity index (χ0n) is 21.9. The van der Waals surface area contributed by atoms with Crippen LogP contribution in [0.3, 0.4) is 0 Å². The molecule has 3 aromatic rings. The van der Waals surface area contributed by atoms with Gasteiger partial charge in [-0.3, -0.25) is 9.69 Å². The lowest BCUT2D eigenvalue weighted by atomic mass is 9.74. The summed E-state index contributed by atoms with van der Waals surface area (Å²) >= 11 is 14.6. The molecule has 4 nitrogen and oxygen atoms in total. The second kappa shape index (κ2) is 11.5. The molecule has 198 valence electrons. The Bertz CT molecular complexity index is 1560. The number of hydrogen-bond acceptors (Lipinski definition) is 5. The largest absolute Gasteiger partial charge is 0.384 e. The Morgan fingerprint density at radius 3 is 2.51 bits per heavy atom. The smallest absolute Gasteiger partial charge is 0.161 e. The van der Waals surface area contributed by atoms with Crippen LogP contribution in [-0.4, -0.2) is 5.78 Å². The van der Waals surface area contributed by atoms with E-state index in [2.05, 4.69) is 49.4 Å². The van der Waals surface area contributed by atoms with Crippen molar-refractivity contribution in [1.29, 1.82) is 5.26 Å². The van der Waals surface area contributed by atoms with Crippen molar-refractivity contribution in [3.63, 3.8) is 0 Å². The molecule has 2 N–H and O–H groups in total. The molecule has 0 aromatic heterocycles. The molecular formula is C32H29Cl2N3OS. The van der Waals surface area contributed by atoms with E-state index < -0.39 is 5.92 Å². The molecular weight excluding hydrogens is 545 g/mol. The lowest BCUT2D eigenvalue weighted by Gasteiger charge is -2.40. The molecule has 1 unspecified atom stereocenters. The van der Waals surface area contributed by atoms with Crippen LogP contribution in [0.2, 0.25) is 10.0 Å². The Hall–Kier alpha value is -3.17. The van der Waals surface area contributed by atoms with Crippen LogP contribution in [0.15, 0.2) is 83.3 Å². The predicted octanol–water partition coefficient (Wildman–Crippen LogP) is 8.35. The van der Waals surface area contributed by atoms with Gasteiger partial charge < -0.3 is 5.73 Å². The molecule has 0 amide bonds. The van der Waals surface area contributed by atoms with Crippen LogP contribution in [0, 0.1) is 25.2 Å². The van der Waals surface area contributed by atoms with E-state index in [1.165, 1.54) is 16.7 Å². The second-order valence-electron chi connectivity index (χ2n) is 10.0. The molecule has 1 aliphatic heterocycles. The van der Waals surface area contributed by atoms with Crippen LogP contribution in [0.1, 0.15) is 53.0 Å². The first-order chi connectivity index (χ1) is 18.8. The molecule has 1 aliphatic carbocycles. The molecule has 3 aromatic carbocycles. The van der Waals surface area contributed by atoms with Gasteiger partial charge in [0.2, 0.25) is 0 Å². The molecule has 7 heteroatoms. The molecule has 39 heavy (non-hydrogen) atoms. The van der Waals surface area contributed by atoms with Crippen molar-refractivity contribution >= 4 is 46.4 Å². The number of benzene rings is 3. The Morgan fingerprint density at radius 1 is 1.03 bits per heavy atom. The fourth-order valence-corrected chi connectivity index (χ4v) is 7.13. The number of anilines is 1. The number of carbonyl (C=O) groups is 1. The number of nitrogens with two attached hydrogens (primary N) is 1. The maximum atomic E-state index is 13.6. The Labute approximate surface area is 244 Å². The summed E-state index contributed by atoms with van der Waals surface area (Å²) < 4.78 is 0. The average Bonchev–Trinajstić information content (AvgIpc) is 2.91. The van der Waals surface area contributed by atoms with E-state index in [1.54, 1.807) is 23.1 Å². The number of ketones is 1. The third-order valence-corrected chi connectivity index (χ3v) is 9.06. The molecule has 0 saturated carbocycles. The summed E-state index contributed by atoms with van der Waals surface area (Å²) in [6, 6.07) is 22.3. The quantitative estimate of drug-likeness (QED) is 0.320. The average molecular weight is 575 g/mol. The van der Waals surface area contributed by atoms with Crippen molar-refractivity contribution in [3.05, 3.63) is 121 Å². The Kier molecular flexibility index (Phi) is 8.09. The molecule has 0 fully saturated rings. The van der Waals surface area contributed by atoms with E-state index in [4.69, 9.17) is 28.9 Å². The minimum absolute atomic E-state index is 0.0524. The number of allylic oxidation sites excluding steroid dienone is 3. The van der Waals surface area contributed by atoms with Crippen molar-refractivity contribution in [2.24, 2.45) is 5.73 Å².